The van der Waals surface area contributed by atoms with Crippen LogP contribution in [0.3, 0.4) is 0 Å². The van der Waals surface area contributed by atoms with E-state index in [-0.39, 0.29) is 18.6 Å². The number of rotatable bonds is 6. The maximum atomic E-state index is 12.2. The molecule has 2 N–H and O–H groups in total. The number of ether oxygens (including phenoxy) is 1. The Bertz CT molecular complexity index is 1030. The van der Waals surface area contributed by atoms with Crippen LogP contribution in [-0.2, 0) is 4.79 Å². The molecule has 28 heavy (non-hydrogen) atoms. The third-order valence-electron chi connectivity index (χ3n) is 4.82. The third-order valence-corrected chi connectivity index (χ3v) is 4.82. The number of nitrogens with two attached hydrogens (primary N) is 1. The fourth-order valence-electron chi connectivity index (χ4n) is 2.98. The fourth-order valence-corrected chi connectivity index (χ4v) is 2.98. The van der Waals surface area contributed by atoms with Crippen LogP contribution >= 0.6 is 0 Å². The highest BCUT2D eigenvalue weighted by Crippen LogP contribution is 2.33. The van der Waals surface area contributed by atoms with Crippen LogP contribution in [0.15, 0.2) is 60.7 Å². The summed E-state index contributed by atoms with van der Waals surface area (Å²) < 4.78 is 5.80. The van der Waals surface area contributed by atoms with E-state index in [1.54, 1.807) is 30.1 Å². The van der Waals surface area contributed by atoms with Gasteiger partial charge in [-0.25, -0.2) is 0 Å². The molecule has 0 aliphatic heterocycles. The number of fused-ring (bicyclic) bond motifs is 1. The summed E-state index contributed by atoms with van der Waals surface area (Å²) in [4.78, 5) is 25.5. The largest absolute Gasteiger partial charge is 0.484 e. The average molecular weight is 376 g/mol. The van der Waals surface area contributed by atoms with Crippen molar-refractivity contribution >= 4 is 22.6 Å². The van der Waals surface area contributed by atoms with Gasteiger partial charge in [-0.15, -0.1) is 0 Å². The van der Waals surface area contributed by atoms with Crippen LogP contribution in [0.4, 0.5) is 0 Å². The van der Waals surface area contributed by atoms with E-state index in [2.05, 4.69) is 0 Å². The van der Waals surface area contributed by atoms with E-state index in [1.807, 2.05) is 56.3 Å². The maximum Gasteiger partial charge on any atom is 0.260 e. The van der Waals surface area contributed by atoms with Gasteiger partial charge >= 0.3 is 0 Å². The Labute approximate surface area is 164 Å². The second-order valence-corrected chi connectivity index (χ2v) is 7.02. The summed E-state index contributed by atoms with van der Waals surface area (Å²) in [6.45, 7) is 3.88. The number of amides is 2. The van der Waals surface area contributed by atoms with Crippen molar-refractivity contribution in [1.29, 1.82) is 0 Å². The molecule has 3 rings (SSSR count). The molecule has 0 atom stereocenters. The first-order valence-corrected chi connectivity index (χ1v) is 9.18. The van der Waals surface area contributed by atoms with E-state index in [0.29, 0.717) is 11.3 Å². The lowest BCUT2D eigenvalue weighted by atomic mass is 9.96. The number of nitrogens with zero attached hydrogens (tertiary/aromatic N) is 1. The zero-order valence-corrected chi connectivity index (χ0v) is 16.3. The summed E-state index contributed by atoms with van der Waals surface area (Å²) >= 11 is 0. The van der Waals surface area contributed by atoms with Crippen molar-refractivity contribution in [2.75, 3.05) is 13.7 Å². The van der Waals surface area contributed by atoms with Crippen molar-refractivity contribution < 1.29 is 14.3 Å². The average Bonchev–Trinajstić information content (AvgIpc) is 2.70. The van der Waals surface area contributed by atoms with E-state index in [9.17, 15) is 9.59 Å². The molecule has 3 aromatic carbocycles. The van der Waals surface area contributed by atoms with Crippen LogP contribution in [0.5, 0.6) is 5.75 Å². The molecule has 3 aromatic rings. The maximum absolute atomic E-state index is 12.2. The third kappa shape index (κ3) is 4.14. The quantitative estimate of drug-likeness (QED) is 0.710. The van der Waals surface area contributed by atoms with Crippen molar-refractivity contribution in [1.82, 2.24) is 4.90 Å². The van der Waals surface area contributed by atoms with Gasteiger partial charge in [-0.3, -0.25) is 9.59 Å². The molecule has 0 saturated carbocycles. The number of carbonyl (C=O) groups is 2. The first kappa shape index (κ1) is 19.4. The number of carbonyl (C=O) groups excluding carboxylic acids is 2. The molecule has 0 aliphatic carbocycles. The lowest BCUT2D eigenvalue weighted by Gasteiger charge is -2.21. The minimum absolute atomic E-state index is 0.0339. The highest BCUT2D eigenvalue weighted by Gasteiger charge is 2.14. The molecule has 5 heteroatoms. The molecule has 0 unspecified atom stereocenters. The Kier molecular flexibility index (Phi) is 5.64. The Morgan fingerprint density at radius 1 is 1.04 bits per heavy atom. The lowest BCUT2D eigenvalue weighted by molar-refractivity contribution is -0.133. The molecule has 0 aromatic heterocycles. The van der Waals surface area contributed by atoms with E-state index in [0.717, 1.165) is 21.9 Å². The smallest absolute Gasteiger partial charge is 0.260 e. The van der Waals surface area contributed by atoms with E-state index in [4.69, 9.17) is 10.5 Å². The predicted molar refractivity (Wildman–Crippen MR) is 111 cm³/mol. The Morgan fingerprint density at radius 3 is 2.50 bits per heavy atom. The first-order valence-electron chi connectivity index (χ1n) is 9.18. The number of primary amides is 1. The van der Waals surface area contributed by atoms with Gasteiger partial charge in [0, 0.05) is 18.7 Å². The molecular formula is C23H24N2O3. The number of hydrogen-bond acceptors (Lipinski definition) is 3. The van der Waals surface area contributed by atoms with Crippen LogP contribution in [0.1, 0.15) is 24.2 Å². The van der Waals surface area contributed by atoms with Gasteiger partial charge in [0.05, 0.1) is 0 Å². The van der Waals surface area contributed by atoms with Gasteiger partial charge in [0.15, 0.2) is 6.61 Å². The monoisotopic (exact) mass is 376 g/mol. The minimum Gasteiger partial charge on any atom is -0.484 e. The van der Waals surface area contributed by atoms with Crippen molar-refractivity contribution in [2.24, 2.45) is 5.73 Å². The van der Waals surface area contributed by atoms with Crippen LogP contribution in [0.25, 0.3) is 21.9 Å². The van der Waals surface area contributed by atoms with E-state index < -0.39 is 5.91 Å². The molecule has 2 amide bonds. The lowest BCUT2D eigenvalue weighted by Crippen LogP contribution is -2.36. The van der Waals surface area contributed by atoms with Gasteiger partial charge in [-0.2, -0.15) is 0 Å². The van der Waals surface area contributed by atoms with E-state index >= 15 is 0 Å². The molecule has 0 fully saturated rings. The molecule has 0 spiro atoms. The van der Waals surface area contributed by atoms with Crippen molar-refractivity contribution in [3.63, 3.8) is 0 Å². The predicted octanol–water partition coefficient (Wildman–Crippen LogP) is 3.85. The molecule has 0 aliphatic rings. The highest BCUT2D eigenvalue weighted by atomic mass is 16.5. The number of likely N-dealkylation sites (N-methyl/N-ethyl adjacent to an activating group) is 1. The second-order valence-electron chi connectivity index (χ2n) is 7.02. The summed E-state index contributed by atoms with van der Waals surface area (Å²) in [6, 6.07) is 19.0. The van der Waals surface area contributed by atoms with E-state index in [1.165, 1.54) is 0 Å². The minimum atomic E-state index is -0.471. The zero-order chi connectivity index (χ0) is 20.3. The van der Waals surface area contributed by atoms with Crippen molar-refractivity contribution in [3.05, 3.63) is 66.2 Å². The van der Waals surface area contributed by atoms with Crippen molar-refractivity contribution in [3.8, 4) is 16.9 Å². The van der Waals surface area contributed by atoms with Gasteiger partial charge in [0.2, 0.25) is 5.91 Å². The molecule has 0 saturated heterocycles. The molecule has 0 heterocycles. The van der Waals surface area contributed by atoms with Crippen LogP contribution < -0.4 is 10.5 Å². The molecular weight excluding hydrogens is 352 g/mol. The summed E-state index contributed by atoms with van der Waals surface area (Å²) in [5, 5.41) is 2.02. The summed E-state index contributed by atoms with van der Waals surface area (Å²) in [5.41, 5.74) is 7.66. The summed E-state index contributed by atoms with van der Waals surface area (Å²) in [5.74, 6) is 0.0463. The summed E-state index contributed by atoms with van der Waals surface area (Å²) in [7, 11) is 1.76. The van der Waals surface area contributed by atoms with Gasteiger partial charge in [-0.05, 0) is 60.0 Å². The summed E-state index contributed by atoms with van der Waals surface area (Å²) in [6.07, 6.45) is 0. The van der Waals surface area contributed by atoms with Gasteiger partial charge in [-0.1, -0.05) is 36.4 Å². The van der Waals surface area contributed by atoms with Crippen LogP contribution in [0.2, 0.25) is 0 Å². The topological polar surface area (TPSA) is 72.6 Å². The first-order chi connectivity index (χ1) is 13.4. The normalized spacial score (nSPS) is 10.9. The molecule has 0 radical (unpaired) electrons. The molecule has 144 valence electrons. The Balaban J connectivity index is 1.99. The van der Waals surface area contributed by atoms with Gasteiger partial charge in [0.25, 0.3) is 5.91 Å². The second kappa shape index (κ2) is 8.13. The standard InChI is InChI=1S/C23H24N2O3/c1-15(2)25(3)22(26)14-28-19-12-17-7-4-5-10-20(17)21(13-19)16-8-6-9-18(11-16)23(24)27/h4-13,15H,14H2,1-3H3,(H2,24,27). The van der Waals surface area contributed by atoms with Crippen molar-refractivity contribution in [2.45, 2.75) is 19.9 Å². The van der Waals surface area contributed by atoms with Gasteiger partial charge < -0.3 is 15.4 Å². The molecule has 0 bridgehead atoms. The number of benzene rings is 3. The highest BCUT2D eigenvalue weighted by molar-refractivity contribution is 6.00. The zero-order valence-electron chi connectivity index (χ0n) is 16.3. The Hall–Kier alpha value is -3.34. The Morgan fingerprint density at radius 2 is 1.79 bits per heavy atom. The van der Waals surface area contributed by atoms with Crippen LogP contribution in [-0.4, -0.2) is 36.4 Å². The fraction of sp³-hybridized carbons (Fsp3) is 0.217. The number of hydrogen-bond donors (Lipinski definition) is 1. The molecule has 5 nitrogen and oxygen atoms in total. The van der Waals surface area contributed by atoms with Gasteiger partial charge in [0.1, 0.15) is 5.75 Å². The van der Waals surface area contributed by atoms with Crippen LogP contribution in [0, 0.1) is 0 Å². The SMILES string of the molecule is CC(C)N(C)C(=O)COc1cc(-c2cccc(C(N)=O)c2)c2ccccc2c1.